The van der Waals surface area contributed by atoms with Gasteiger partial charge in [0, 0.05) is 49.5 Å². The number of nitrogens with zero attached hydrogens (tertiary/aromatic N) is 5. The van der Waals surface area contributed by atoms with E-state index in [-0.39, 0.29) is 18.7 Å². The number of aldehydes is 1. The molecule has 4 heterocycles. The Labute approximate surface area is 199 Å². The number of hydrazone groups is 1. The highest BCUT2D eigenvalue weighted by atomic mass is 19.3. The second-order valence-electron chi connectivity index (χ2n) is 7.06. The molecule has 0 aliphatic carbocycles. The lowest BCUT2D eigenvalue weighted by atomic mass is 10.1. The molecule has 0 saturated carbocycles. The summed E-state index contributed by atoms with van der Waals surface area (Å²) in [5.41, 5.74) is 9.12. The summed E-state index contributed by atoms with van der Waals surface area (Å²) in [5.74, 6) is 2.91. The first-order valence-electron chi connectivity index (χ1n) is 11.3. The van der Waals surface area contributed by atoms with E-state index < -0.39 is 5.92 Å². The minimum Gasteiger partial charge on any atom is -0.380 e. The van der Waals surface area contributed by atoms with Crippen LogP contribution in [0.15, 0.2) is 48.0 Å². The molecule has 186 valence electrons. The summed E-state index contributed by atoms with van der Waals surface area (Å²) in [7, 11) is 1.87. The summed E-state index contributed by atoms with van der Waals surface area (Å²) < 4.78 is 26.6. The molecule has 0 aromatic carbocycles. The maximum Gasteiger partial charge on any atom is 0.250 e. The van der Waals surface area contributed by atoms with E-state index in [0.29, 0.717) is 30.0 Å². The number of nitrogens with two attached hydrogens (primary N) is 2. The number of halogens is 2. The first-order valence-corrected chi connectivity index (χ1v) is 11.3. The predicted molar refractivity (Wildman–Crippen MR) is 133 cm³/mol. The summed E-state index contributed by atoms with van der Waals surface area (Å²) in [6.07, 6.45) is 6.04. The highest BCUT2D eigenvalue weighted by molar-refractivity contribution is 5.95. The van der Waals surface area contributed by atoms with Crippen LogP contribution in [0.1, 0.15) is 56.6 Å². The van der Waals surface area contributed by atoms with E-state index in [0.717, 1.165) is 17.5 Å². The number of imidazole rings is 1. The maximum atomic E-state index is 12.4. The summed E-state index contributed by atoms with van der Waals surface area (Å²) in [6.45, 7) is 9.07. The number of pyridine rings is 2. The molecule has 0 amide bonds. The van der Waals surface area contributed by atoms with Gasteiger partial charge in [0.25, 0.3) is 5.92 Å². The van der Waals surface area contributed by atoms with Gasteiger partial charge >= 0.3 is 0 Å². The molecule has 1 aliphatic heterocycles. The molecule has 8 nitrogen and oxygen atoms in total. The Hall–Kier alpha value is -3.40. The fraction of sp³-hybridized carbons (Fsp3) is 0.417. The molecule has 0 radical (unpaired) electrons. The number of amidine groups is 1. The van der Waals surface area contributed by atoms with Crippen molar-refractivity contribution in [2.24, 2.45) is 16.7 Å². The van der Waals surface area contributed by atoms with Crippen LogP contribution in [-0.2, 0) is 0 Å². The highest BCUT2D eigenvalue weighted by Crippen LogP contribution is 2.26. The van der Waals surface area contributed by atoms with Crippen LogP contribution in [0.2, 0.25) is 0 Å². The molecule has 1 fully saturated rings. The number of piperidine rings is 1. The van der Waals surface area contributed by atoms with Crippen LogP contribution in [-0.4, -0.2) is 57.5 Å². The molecule has 4 N–H and O–H groups in total. The highest BCUT2D eigenvalue weighted by Gasteiger charge is 2.32. The fourth-order valence-electron chi connectivity index (χ4n) is 2.99. The van der Waals surface area contributed by atoms with Crippen LogP contribution >= 0.6 is 0 Å². The molecule has 0 atom stereocenters. The van der Waals surface area contributed by atoms with Crippen molar-refractivity contribution in [3.63, 3.8) is 0 Å². The lowest BCUT2D eigenvalue weighted by Gasteiger charge is -2.28. The Balaban J connectivity index is 0.000000373. The van der Waals surface area contributed by atoms with Crippen LogP contribution in [0.5, 0.6) is 0 Å². The van der Waals surface area contributed by atoms with Gasteiger partial charge in [-0.2, -0.15) is 5.10 Å². The number of carbonyl (C=O) groups excluding carboxylic acids is 1. The minimum absolute atomic E-state index is 0.0312. The van der Waals surface area contributed by atoms with Gasteiger partial charge in [-0.05, 0) is 31.3 Å². The molecule has 0 bridgehead atoms. The van der Waals surface area contributed by atoms with E-state index in [2.05, 4.69) is 15.1 Å². The number of aromatic nitrogens is 3. The average molecular weight is 476 g/mol. The quantitative estimate of drug-likeness (QED) is 0.193. The molecule has 3 aromatic rings. The van der Waals surface area contributed by atoms with Crippen molar-refractivity contribution in [3.8, 4) is 11.3 Å². The number of rotatable bonds is 3. The summed E-state index contributed by atoms with van der Waals surface area (Å²) in [6, 6.07) is 7.04. The van der Waals surface area contributed by atoms with Crippen LogP contribution < -0.4 is 11.6 Å². The Bertz CT molecular complexity index is 1040. The zero-order valence-corrected chi connectivity index (χ0v) is 20.5. The normalized spacial score (nSPS) is 15.1. The molecule has 34 heavy (non-hydrogen) atoms. The van der Waals surface area contributed by atoms with Gasteiger partial charge in [-0.3, -0.25) is 14.2 Å². The molecule has 10 heteroatoms. The smallest absolute Gasteiger partial charge is 0.250 e. The van der Waals surface area contributed by atoms with Gasteiger partial charge in [-0.1, -0.05) is 27.7 Å². The largest absolute Gasteiger partial charge is 0.380 e. The third kappa shape index (κ3) is 7.87. The van der Waals surface area contributed by atoms with E-state index in [1.54, 1.807) is 36.8 Å². The lowest BCUT2D eigenvalue weighted by molar-refractivity contribution is -0.0504. The van der Waals surface area contributed by atoms with Gasteiger partial charge < -0.3 is 16.5 Å². The van der Waals surface area contributed by atoms with Crippen LogP contribution in [0, 0.1) is 0 Å². The van der Waals surface area contributed by atoms with Crippen LogP contribution in [0.25, 0.3) is 16.9 Å². The summed E-state index contributed by atoms with van der Waals surface area (Å²) in [5, 5.41) is 3.40. The molecule has 0 spiro atoms. The molecule has 0 unspecified atom stereocenters. The van der Waals surface area contributed by atoms with Crippen LogP contribution in [0.4, 0.5) is 8.78 Å². The first-order chi connectivity index (χ1) is 16.3. The van der Waals surface area contributed by atoms with Crippen molar-refractivity contribution in [3.05, 3.63) is 54.1 Å². The van der Waals surface area contributed by atoms with Gasteiger partial charge in [0.15, 0.2) is 5.84 Å². The fourth-order valence-corrected chi connectivity index (χ4v) is 2.99. The third-order valence-corrected chi connectivity index (χ3v) is 4.85. The zero-order chi connectivity index (χ0) is 25.7. The first kappa shape index (κ1) is 28.6. The second kappa shape index (κ2) is 14.0. The molecule has 4 rings (SSSR count). The van der Waals surface area contributed by atoms with E-state index in [1.807, 2.05) is 50.1 Å². The molecule has 3 aromatic heterocycles. The number of hydrogen-bond acceptors (Lipinski definition) is 6. The van der Waals surface area contributed by atoms with Crippen molar-refractivity contribution in [1.29, 1.82) is 0 Å². The molecular formula is C24H35F2N7O. The zero-order valence-electron chi connectivity index (χ0n) is 20.5. The molecule has 1 saturated heterocycles. The van der Waals surface area contributed by atoms with E-state index in [1.165, 1.54) is 0 Å². The van der Waals surface area contributed by atoms with E-state index in [4.69, 9.17) is 11.6 Å². The maximum absolute atomic E-state index is 12.4. The van der Waals surface area contributed by atoms with Gasteiger partial charge in [-0.25, -0.2) is 13.8 Å². The lowest BCUT2D eigenvalue weighted by Crippen LogP contribution is -2.36. The van der Waals surface area contributed by atoms with Crippen molar-refractivity contribution in [2.75, 3.05) is 20.1 Å². The van der Waals surface area contributed by atoms with Gasteiger partial charge in [0.2, 0.25) is 0 Å². The number of carbonyl (C=O) groups is 1. The number of alkyl halides is 2. The SMILES string of the molecule is CC.CC.CN1CCC(F)(F)CC1.N/N=C(\N)c1ccc(-c2cnc3cc(C=O)ccn23)cn1. The summed E-state index contributed by atoms with van der Waals surface area (Å²) in [4.78, 5) is 21.2. The number of likely N-dealkylation sites (tertiary alicyclic amines) is 1. The van der Waals surface area contributed by atoms with Crippen molar-refractivity contribution in [2.45, 2.75) is 46.5 Å². The standard InChI is InChI=1S/C14H12N6O.C6H11F2N.2C2H6/c15-14(19-16)11-2-1-10(6-17-11)12-7-18-13-5-9(8-21)3-4-20(12)13;1-9-4-2-6(7,8)3-5-9;2*1-2/h1-8H,16H2,(H2,15,19);2-5H2,1H3;2*1-2H3. The number of fused-ring (bicyclic) bond motifs is 1. The average Bonchev–Trinajstić information content (AvgIpc) is 3.31. The van der Waals surface area contributed by atoms with E-state index >= 15 is 0 Å². The molecule has 1 aliphatic rings. The second-order valence-corrected chi connectivity index (χ2v) is 7.06. The summed E-state index contributed by atoms with van der Waals surface area (Å²) >= 11 is 0. The number of hydrogen-bond donors (Lipinski definition) is 2. The van der Waals surface area contributed by atoms with Crippen molar-refractivity contribution in [1.82, 2.24) is 19.3 Å². The van der Waals surface area contributed by atoms with Gasteiger partial charge in [-0.15, -0.1) is 0 Å². The third-order valence-electron chi connectivity index (χ3n) is 4.85. The van der Waals surface area contributed by atoms with Crippen molar-refractivity contribution >= 4 is 17.8 Å². The Morgan fingerprint density at radius 1 is 1.09 bits per heavy atom. The van der Waals surface area contributed by atoms with E-state index in [9.17, 15) is 13.6 Å². The van der Waals surface area contributed by atoms with Gasteiger partial charge in [0.1, 0.15) is 17.6 Å². The Morgan fingerprint density at radius 2 is 1.74 bits per heavy atom. The minimum atomic E-state index is -2.38. The predicted octanol–water partition coefficient (Wildman–Crippen LogP) is 4.19. The Morgan fingerprint density at radius 3 is 2.24 bits per heavy atom. The molecular weight excluding hydrogens is 440 g/mol. The van der Waals surface area contributed by atoms with Crippen molar-refractivity contribution < 1.29 is 13.6 Å². The van der Waals surface area contributed by atoms with Gasteiger partial charge in [0.05, 0.1) is 11.9 Å². The topological polar surface area (TPSA) is 115 Å². The monoisotopic (exact) mass is 475 g/mol. The van der Waals surface area contributed by atoms with Crippen LogP contribution in [0.3, 0.4) is 0 Å². The Kier molecular flexibility index (Phi) is 11.8.